The zero-order valence-electron chi connectivity index (χ0n) is 10.9. The Morgan fingerprint density at radius 2 is 1.57 bits per heavy atom. The molecule has 0 aliphatic heterocycles. The minimum Gasteiger partial charge on any atom is -0.271 e. The van der Waals surface area contributed by atoms with E-state index in [-0.39, 0.29) is 21.2 Å². The van der Waals surface area contributed by atoms with Gasteiger partial charge in [0.25, 0.3) is 0 Å². The summed E-state index contributed by atoms with van der Waals surface area (Å²) in [6.45, 7) is 1.42. The van der Waals surface area contributed by atoms with E-state index in [0.717, 1.165) is 6.07 Å². The van der Waals surface area contributed by atoms with Crippen LogP contribution in [0.5, 0.6) is 0 Å². The predicted molar refractivity (Wildman–Crippen MR) is 74.3 cm³/mol. The molecular formula is C14H11BrF4N2. The van der Waals surface area contributed by atoms with Crippen LogP contribution >= 0.6 is 15.9 Å². The number of nitrogens with one attached hydrogen (secondary N) is 1. The lowest BCUT2D eigenvalue weighted by atomic mass is 9.97. The van der Waals surface area contributed by atoms with E-state index in [1.807, 2.05) is 0 Å². The van der Waals surface area contributed by atoms with Gasteiger partial charge in [0.1, 0.15) is 0 Å². The smallest absolute Gasteiger partial charge is 0.173 e. The molecule has 0 fully saturated rings. The van der Waals surface area contributed by atoms with E-state index in [1.54, 1.807) is 0 Å². The lowest BCUT2D eigenvalue weighted by Crippen LogP contribution is -2.30. The second kappa shape index (κ2) is 6.13. The Balaban J connectivity index is 2.61. The molecular weight excluding hydrogens is 352 g/mol. The number of hydrogen-bond donors (Lipinski definition) is 2. The van der Waals surface area contributed by atoms with E-state index in [1.165, 1.54) is 25.1 Å². The van der Waals surface area contributed by atoms with Crippen LogP contribution in [-0.2, 0) is 0 Å². The van der Waals surface area contributed by atoms with Crippen molar-refractivity contribution in [2.45, 2.75) is 13.0 Å². The zero-order valence-corrected chi connectivity index (χ0v) is 12.4. The van der Waals surface area contributed by atoms with Crippen molar-refractivity contribution in [1.82, 2.24) is 5.43 Å². The average Bonchev–Trinajstić information content (AvgIpc) is 2.47. The molecule has 7 heteroatoms. The van der Waals surface area contributed by atoms with Gasteiger partial charge in [0.2, 0.25) is 0 Å². The molecule has 1 atom stereocenters. The number of benzene rings is 2. The fourth-order valence-electron chi connectivity index (χ4n) is 1.99. The summed E-state index contributed by atoms with van der Waals surface area (Å²) in [4.78, 5) is 0. The highest BCUT2D eigenvalue weighted by Crippen LogP contribution is 2.33. The van der Waals surface area contributed by atoms with Gasteiger partial charge >= 0.3 is 0 Å². The maximum atomic E-state index is 14.0. The Morgan fingerprint density at radius 3 is 2.19 bits per heavy atom. The van der Waals surface area contributed by atoms with E-state index in [2.05, 4.69) is 21.4 Å². The summed E-state index contributed by atoms with van der Waals surface area (Å²) >= 11 is 2.90. The molecule has 2 nitrogen and oxygen atoms in total. The molecule has 0 bridgehead atoms. The van der Waals surface area contributed by atoms with Crippen molar-refractivity contribution < 1.29 is 17.6 Å². The molecule has 0 aliphatic rings. The van der Waals surface area contributed by atoms with Gasteiger partial charge in [-0.3, -0.25) is 5.84 Å². The molecule has 0 aliphatic carbocycles. The standard InChI is InChI=1S/C14H11BrF4N2/c1-6-2-3-8(12(18)11(6)17)14(21-20)7-4-5-9(16)13(19)10(7)15/h2-5,14,21H,20H2,1H3. The van der Waals surface area contributed by atoms with E-state index in [9.17, 15) is 17.6 Å². The van der Waals surface area contributed by atoms with Crippen molar-refractivity contribution >= 4 is 15.9 Å². The van der Waals surface area contributed by atoms with Crippen LogP contribution in [0, 0.1) is 30.2 Å². The second-order valence-corrected chi connectivity index (χ2v) is 5.26. The van der Waals surface area contributed by atoms with Crippen LogP contribution in [0.15, 0.2) is 28.7 Å². The van der Waals surface area contributed by atoms with Gasteiger partial charge in [-0.25, -0.2) is 23.0 Å². The largest absolute Gasteiger partial charge is 0.271 e. The van der Waals surface area contributed by atoms with Crippen molar-refractivity contribution in [1.29, 1.82) is 0 Å². The number of hydrazine groups is 1. The lowest BCUT2D eigenvalue weighted by Gasteiger charge is -2.20. The highest BCUT2D eigenvalue weighted by atomic mass is 79.9. The summed E-state index contributed by atoms with van der Waals surface area (Å²) in [5.74, 6) is 1.10. The minimum atomic E-state index is -1.12. The van der Waals surface area contributed by atoms with Crippen molar-refractivity contribution in [2.24, 2.45) is 5.84 Å². The van der Waals surface area contributed by atoms with Crippen LogP contribution in [-0.4, -0.2) is 0 Å². The van der Waals surface area contributed by atoms with Gasteiger partial charge in [0.15, 0.2) is 23.3 Å². The number of rotatable bonds is 3. The SMILES string of the molecule is Cc1ccc(C(NN)c2ccc(F)c(F)c2Br)c(F)c1F. The number of nitrogens with two attached hydrogens (primary N) is 1. The van der Waals surface area contributed by atoms with Crippen LogP contribution < -0.4 is 11.3 Å². The molecule has 2 rings (SSSR count). The summed E-state index contributed by atoms with van der Waals surface area (Å²) in [7, 11) is 0. The molecule has 0 spiro atoms. The third-order valence-corrected chi connectivity index (χ3v) is 3.96. The summed E-state index contributed by atoms with van der Waals surface area (Å²) in [6.07, 6.45) is 0. The van der Waals surface area contributed by atoms with Gasteiger partial charge in [-0.1, -0.05) is 18.2 Å². The number of aryl methyl sites for hydroxylation is 1. The molecule has 21 heavy (non-hydrogen) atoms. The Labute approximate surface area is 127 Å². The van der Waals surface area contributed by atoms with Crippen LogP contribution in [0.3, 0.4) is 0 Å². The molecule has 0 saturated carbocycles. The highest BCUT2D eigenvalue weighted by Gasteiger charge is 2.24. The fourth-order valence-corrected chi connectivity index (χ4v) is 2.55. The molecule has 2 aromatic carbocycles. The topological polar surface area (TPSA) is 38.0 Å². The van der Waals surface area contributed by atoms with Crippen molar-refractivity contribution in [3.63, 3.8) is 0 Å². The van der Waals surface area contributed by atoms with Gasteiger partial charge in [-0.2, -0.15) is 0 Å². The summed E-state index contributed by atoms with van der Waals surface area (Å²) in [5, 5.41) is 0. The van der Waals surface area contributed by atoms with E-state index in [0.29, 0.717) is 0 Å². The van der Waals surface area contributed by atoms with Gasteiger partial charge in [-0.05, 0) is 40.0 Å². The average molecular weight is 363 g/mol. The molecule has 0 heterocycles. The maximum Gasteiger partial charge on any atom is 0.173 e. The molecule has 0 amide bonds. The predicted octanol–water partition coefficient (Wildman–Crippen LogP) is 3.87. The molecule has 0 aromatic heterocycles. The first-order valence-corrected chi connectivity index (χ1v) is 6.71. The zero-order chi connectivity index (χ0) is 15.7. The first kappa shape index (κ1) is 15.9. The van der Waals surface area contributed by atoms with Crippen molar-refractivity contribution in [3.05, 3.63) is 68.7 Å². The van der Waals surface area contributed by atoms with Crippen LogP contribution in [0.4, 0.5) is 17.6 Å². The van der Waals surface area contributed by atoms with Crippen molar-refractivity contribution in [2.75, 3.05) is 0 Å². The summed E-state index contributed by atoms with van der Waals surface area (Å²) in [5.41, 5.74) is 2.47. The van der Waals surface area contributed by atoms with E-state index < -0.39 is 29.3 Å². The molecule has 1 unspecified atom stereocenters. The Bertz CT molecular complexity index is 634. The van der Waals surface area contributed by atoms with E-state index in [4.69, 9.17) is 5.84 Å². The van der Waals surface area contributed by atoms with Gasteiger partial charge in [-0.15, -0.1) is 0 Å². The molecule has 0 radical (unpaired) electrons. The van der Waals surface area contributed by atoms with Crippen LogP contribution in [0.25, 0.3) is 0 Å². The number of hydrogen-bond acceptors (Lipinski definition) is 2. The summed E-state index contributed by atoms with van der Waals surface area (Å²) in [6, 6.07) is 3.81. The lowest BCUT2D eigenvalue weighted by molar-refractivity contribution is 0.474. The van der Waals surface area contributed by atoms with Crippen LogP contribution in [0.1, 0.15) is 22.7 Å². The first-order valence-electron chi connectivity index (χ1n) is 5.92. The minimum absolute atomic E-state index is 0.104. The van der Waals surface area contributed by atoms with Gasteiger partial charge in [0.05, 0.1) is 10.5 Å². The van der Waals surface area contributed by atoms with Crippen LogP contribution in [0.2, 0.25) is 0 Å². The monoisotopic (exact) mass is 362 g/mol. The Hall–Kier alpha value is -1.44. The van der Waals surface area contributed by atoms with E-state index >= 15 is 0 Å². The van der Waals surface area contributed by atoms with Gasteiger partial charge in [0, 0.05) is 5.56 Å². The normalized spacial score (nSPS) is 12.5. The second-order valence-electron chi connectivity index (χ2n) is 4.46. The third kappa shape index (κ3) is 2.81. The Kier molecular flexibility index (Phi) is 4.65. The van der Waals surface area contributed by atoms with Crippen molar-refractivity contribution in [3.8, 4) is 0 Å². The Morgan fingerprint density at radius 1 is 0.952 bits per heavy atom. The number of halogens is 5. The molecule has 112 valence electrons. The molecule has 3 N–H and O–H groups in total. The third-order valence-electron chi connectivity index (χ3n) is 3.16. The molecule has 0 saturated heterocycles. The fraction of sp³-hybridized carbons (Fsp3) is 0.143. The van der Waals surface area contributed by atoms with Gasteiger partial charge < -0.3 is 0 Å². The highest BCUT2D eigenvalue weighted by molar-refractivity contribution is 9.10. The summed E-state index contributed by atoms with van der Waals surface area (Å²) < 4.78 is 54.2. The molecule has 2 aromatic rings. The quantitative estimate of drug-likeness (QED) is 0.376. The maximum absolute atomic E-state index is 14.0. The first-order chi connectivity index (χ1) is 9.88.